The molecule has 1 aromatic rings. The van der Waals surface area contributed by atoms with Crippen molar-refractivity contribution in [2.24, 2.45) is 0 Å². The third kappa shape index (κ3) is 5.51. The number of benzene rings is 1. The van der Waals surface area contributed by atoms with E-state index in [1.165, 1.54) is 0 Å². The Labute approximate surface area is 143 Å². The average Bonchev–Trinajstić information content (AvgIpc) is 2.84. The molecule has 2 rings (SSSR count). The van der Waals surface area contributed by atoms with E-state index >= 15 is 0 Å². The molecule has 1 fully saturated rings. The van der Waals surface area contributed by atoms with E-state index in [2.05, 4.69) is 31.8 Å². The molecule has 1 aliphatic heterocycles. The van der Waals surface area contributed by atoms with Gasteiger partial charge in [0.25, 0.3) is 0 Å². The van der Waals surface area contributed by atoms with Crippen LogP contribution in [0.3, 0.4) is 0 Å². The summed E-state index contributed by atoms with van der Waals surface area (Å²) in [5.41, 5.74) is 6.40. The molecule has 0 spiro atoms. The highest BCUT2D eigenvalue weighted by atomic mass is 79.9. The molecule has 0 saturated carbocycles. The number of halogens is 1. The van der Waals surface area contributed by atoms with Gasteiger partial charge in [-0.2, -0.15) is 5.43 Å². The van der Waals surface area contributed by atoms with Gasteiger partial charge in [0, 0.05) is 10.9 Å². The van der Waals surface area contributed by atoms with Crippen LogP contribution in [0, 0.1) is 0 Å². The van der Waals surface area contributed by atoms with Gasteiger partial charge in [-0.1, -0.05) is 15.9 Å². The third-order valence-corrected chi connectivity index (χ3v) is 5.53. The Hall–Kier alpha value is -1.61. The Kier molecular flexibility index (Phi) is 6.00. The number of esters is 1. The maximum Gasteiger partial charge on any atom is 0.423 e. The number of ether oxygens (including phenoxy) is 1. The zero-order chi connectivity index (χ0) is 16.9. The summed E-state index contributed by atoms with van der Waals surface area (Å²) < 4.78 is 29.0. The van der Waals surface area contributed by atoms with Crippen LogP contribution in [-0.2, 0) is 19.4 Å². The number of hydrogen-bond acceptors (Lipinski definition) is 5. The van der Waals surface area contributed by atoms with Crippen molar-refractivity contribution in [1.29, 1.82) is 0 Å². The molecule has 0 unspecified atom stereocenters. The molecule has 1 heterocycles. The summed E-state index contributed by atoms with van der Waals surface area (Å²) in [6.45, 7) is 1.94. The van der Waals surface area contributed by atoms with Gasteiger partial charge >= 0.3 is 11.8 Å². The van der Waals surface area contributed by atoms with Gasteiger partial charge in [-0.25, -0.2) is 18.6 Å². The molecule has 1 aliphatic rings. The van der Waals surface area contributed by atoms with Gasteiger partial charge in [-0.3, -0.25) is 4.99 Å². The van der Waals surface area contributed by atoms with E-state index < -0.39 is 15.8 Å². The maximum atomic E-state index is 12.0. The van der Waals surface area contributed by atoms with Crippen LogP contribution in [0.4, 0.5) is 5.69 Å². The normalized spacial score (nSPS) is 20.1. The number of anilines is 1. The summed E-state index contributed by atoms with van der Waals surface area (Å²) in [5.74, 6) is -0.338. The summed E-state index contributed by atoms with van der Waals surface area (Å²) in [6.07, 6.45) is 0.463. The minimum absolute atomic E-state index is 0.00979. The molecule has 1 aromatic carbocycles. The lowest BCUT2D eigenvalue weighted by Crippen LogP contribution is -2.84. The Morgan fingerprint density at radius 3 is 2.65 bits per heavy atom. The molecule has 0 radical (unpaired) electrons. The lowest BCUT2D eigenvalue weighted by molar-refractivity contribution is -0.497. The first-order chi connectivity index (χ1) is 10.9. The fourth-order valence-electron chi connectivity index (χ4n) is 2.13. The molecule has 1 saturated heterocycles. The molecule has 0 aromatic heterocycles. The van der Waals surface area contributed by atoms with E-state index in [1.807, 2.05) is 24.3 Å². The number of carbonyl (C=O) groups excluding carboxylic acids is 1. The fourth-order valence-corrected chi connectivity index (χ4v) is 4.07. The predicted molar refractivity (Wildman–Crippen MR) is 90.6 cm³/mol. The van der Waals surface area contributed by atoms with Gasteiger partial charge in [-0.15, -0.1) is 0 Å². The molecule has 0 bridgehead atoms. The summed E-state index contributed by atoms with van der Waals surface area (Å²) in [7, 11) is -3.03. The maximum absolute atomic E-state index is 12.0. The largest absolute Gasteiger partial charge is 0.457 e. The summed E-state index contributed by atoms with van der Waals surface area (Å²) in [6, 6.07) is 7.04. The van der Waals surface area contributed by atoms with Crippen LogP contribution in [-0.4, -0.2) is 44.4 Å². The summed E-state index contributed by atoms with van der Waals surface area (Å²) in [4.78, 5) is 14.9. The third-order valence-electron chi connectivity index (χ3n) is 3.24. The Balaban J connectivity index is 2.08. The summed E-state index contributed by atoms with van der Waals surface area (Å²) >= 11 is 3.34. The lowest BCUT2D eigenvalue weighted by atomic mass is 10.3. The lowest BCUT2D eigenvalue weighted by Gasteiger charge is -2.07. The van der Waals surface area contributed by atoms with Crippen molar-refractivity contribution in [2.75, 3.05) is 23.5 Å². The van der Waals surface area contributed by atoms with Crippen molar-refractivity contribution >= 4 is 43.3 Å². The van der Waals surface area contributed by atoms with Crippen LogP contribution in [0.25, 0.3) is 0 Å². The van der Waals surface area contributed by atoms with Gasteiger partial charge < -0.3 is 4.74 Å². The Bertz CT molecular complexity index is 688. The fraction of sp³-hybridized carbons (Fsp3) is 0.429. The van der Waals surface area contributed by atoms with Gasteiger partial charge in [0.05, 0.1) is 23.8 Å². The minimum atomic E-state index is -3.03. The molecule has 3 N–H and O–H groups in total. The molecule has 0 aliphatic carbocycles. The monoisotopic (exact) mass is 404 g/mol. The SMILES string of the molecule is CCOC(=O)C(NNc1ccc(Br)cc1)=[NH+][C@H]1CCS(=O)(=O)C1. The van der Waals surface area contributed by atoms with Crippen molar-refractivity contribution in [3.05, 3.63) is 28.7 Å². The first-order valence-corrected chi connectivity index (χ1v) is 9.79. The smallest absolute Gasteiger partial charge is 0.423 e. The summed E-state index contributed by atoms with van der Waals surface area (Å²) in [5, 5.41) is 0. The topological polar surface area (TPSA) is 98.5 Å². The highest BCUT2D eigenvalue weighted by Crippen LogP contribution is 2.13. The average molecular weight is 405 g/mol. The zero-order valence-corrected chi connectivity index (χ0v) is 15.0. The van der Waals surface area contributed by atoms with Crippen molar-refractivity contribution in [3.8, 4) is 0 Å². The van der Waals surface area contributed by atoms with Crippen molar-refractivity contribution in [3.63, 3.8) is 0 Å². The van der Waals surface area contributed by atoms with Crippen LogP contribution in [0.15, 0.2) is 28.7 Å². The van der Waals surface area contributed by atoms with E-state index in [1.54, 1.807) is 6.92 Å². The van der Waals surface area contributed by atoms with Crippen LogP contribution >= 0.6 is 15.9 Å². The first kappa shape index (κ1) is 17.7. The van der Waals surface area contributed by atoms with E-state index in [4.69, 9.17) is 4.74 Å². The van der Waals surface area contributed by atoms with Gasteiger partial charge in [-0.05, 0) is 31.2 Å². The minimum Gasteiger partial charge on any atom is -0.457 e. The molecular weight excluding hydrogens is 386 g/mol. The molecule has 9 heteroatoms. The second kappa shape index (κ2) is 7.78. The van der Waals surface area contributed by atoms with Crippen LogP contribution in [0.1, 0.15) is 13.3 Å². The van der Waals surface area contributed by atoms with E-state index in [0.717, 1.165) is 10.2 Å². The molecule has 23 heavy (non-hydrogen) atoms. The molecule has 0 amide bonds. The number of sulfone groups is 1. The molecular formula is C14H19BrN3O4S+. The van der Waals surface area contributed by atoms with E-state index in [0.29, 0.717) is 6.42 Å². The number of carbonyl (C=O) groups is 1. The van der Waals surface area contributed by atoms with Gasteiger partial charge in [0.1, 0.15) is 6.04 Å². The van der Waals surface area contributed by atoms with Gasteiger partial charge in [0.15, 0.2) is 9.84 Å². The molecule has 7 nitrogen and oxygen atoms in total. The van der Waals surface area contributed by atoms with Crippen LogP contribution in [0.2, 0.25) is 0 Å². The first-order valence-electron chi connectivity index (χ1n) is 7.18. The Morgan fingerprint density at radius 2 is 2.09 bits per heavy atom. The number of rotatable bonds is 4. The highest BCUT2D eigenvalue weighted by Gasteiger charge is 2.31. The number of nitrogens with one attached hydrogen (secondary N) is 3. The van der Waals surface area contributed by atoms with E-state index in [9.17, 15) is 13.2 Å². The van der Waals surface area contributed by atoms with Crippen molar-refractivity contribution in [2.45, 2.75) is 19.4 Å². The standard InChI is InChI=1S/C14H18BrN3O4S/c1-2-22-14(19)13(16-12-7-8-23(20,21)9-12)18-17-11-5-3-10(15)4-6-11/h3-6,12,17H,2,7-9H2,1H3,(H,16,18)/p+1/t12-/m0/s1. The number of amidine groups is 1. The zero-order valence-electron chi connectivity index (χ0n) is 12.6. The Morgan fingerprint density at radius 1 is 1.39 bits per heavy atom. The quantitative estimate of drug-likeness (QED) is 0.273. The van der Waals surface area contributed by atoms with Crippen LogP contribution in [0.5, 0.6) is 0 Å². The highest BCUT2D eigenvalue weighted by molar-refractivity contribution is 9.10. The molecule has 1 atom stereocenters. The van der Waals surface area contributed by atoms with Crippen LogP contribution < -0.4 is 15.8 Å². The number of hydrazine groups is 1. The predicted octanol–water partition coefficient (Wildman–Crippen LogP) is -0.405. The second-order valence-electron chi connectivity index (χ2n) is 5.10. The van der Waals surface area contributed by atoms with Crippen molar-refractivity contribution in [1.82, 2.24) is 5.43 Å². The number of hydrogen-bond donors (Lipinski definition) is 3. The van der Waals surface area contributed by atoms with Crippen molar-refractivity contribution < 1.29 is 22.9 Å². The molecule has 126 valence electrons. The second-order valence-corrected chi connectivity index (χ2v) is 8.24. The van der Waals surface area contributed by atoms with Gasteiger partial charge in [0.2, 0.25) is 0 Å². The van der Waals surface area contributed by atoms with E-state index in [-0.39, 0.29) is 30.0 Å².